The largest absolute Gasteiger partial charge is 0.508 e. The summed E-state index contributed by atoms with van der Waals surface area (Å²) in [5.74, 6) is 0.249. The number of rotatable bonds is 5. The maximum atomic E-state index is 9.45. The van der Waals surface area contributed by atoms with Gasteiger partial charge in [-0.3, -0.25) is 0 Å². The number of nitrogens with zero attached hydrogens (tertiary/aromatic N) is 1. The molecule has 2 aromatic carbocycles. The number of aromatic hydroxyl groups is 1. The van der Waals surface area contributed by atoms with Crippen LogP contribution in [0.4, 0.5) is 5.69 Å². The number of phenolic OH excluding ortho intramolecular Hbond substituents is 1. The average molecular weight is 301 g/mol. The van der Waals surface area contributed by atoms with E-state index in [0.717, 1.165) is 17.7 Å². The van der Waals surface area contributed by atoms with Crippen LogP contribution in [-0.2, 0) is 6.42 Å². The van der Waals surface area contributed by atoms with Crippen molar-refractivity contribution in [1.29, 1.82) is 5.26 Å². The standard InChI is InChI=1S/C17H17ClN2O/c1-17(12-19,20-15-4-2-3-14(18)11-15)10-9-13-5-7-16(21)8-6-13/h2-8,11,20-21H,9-10H2,1H3. The summed E-state index contributed by atoms with van der Waals surface area (Å²) in [5.41, 5.74) is 1.24. The fourth-order valence-corrected chi connectivity index (χ4v) is 2.28. The van der Waals surface area contributed by atoms with Crippen LogP contribution in [0.5, 0.6) is 5.75 Å². The Morgan fingerprint density at radius 1 is 1.24 bits per heavy atom. The van der Waals surface area contributed by atoms with Crippen LogP contribution in [0.2, 0.25) is 5.02 Å². The third-order valence-electron chi connectivity index (χ3n) is 3.34. The fourth-order valence-electron chi connectivity index (χ4n) is 2.09. The van der Waals surface area contributed by atoms with Crippen molar-refractivity contribution in [3.05, 3.63) is 59.1 Å². The number of phenols is 1. The number of hydrogen-bond acceptors (Lipinski definition) is 3. The summed E-state index contributed by atoms with van der Waals surface area (Å²) in [6.45, 7) is 1.87. The predicted molar refractivity (Wildman–Crippen MR) is 85.5 cm³/mol. The molecule has 0 saturated carbocycles. The molecule has 0 aliphatic rings. The number of nitriles is 1. The lowest BCUT2D eigenvalue weighted by Crippen LogP contribution is -2.33. The molecule has 0 aliphatic heterocycles. The van der Waals surface area contributed by atoms with Crippen LogP contribution in [0.3, 0.4) is 0 Å². The van der Waals surface area contributed by atoms with Crippen LogP contribution in [0, 0.1) is 11.3 Å². The second kappa shape index (κ2) is 6.51. The summed E-state index contributed by atoms with van der Waals surface area (Å²) in [6, 6.07) is 16.7. The molecule has 4 heteroatoms. The molecule has 2 rings (SSSR count). The van der Waals surface area contributed by atoms with Gasteiger partial charge >= 0.3 is 0 Å². The molecular weight excluding hydrogens is 284 g/mol. The summed E-state index contributed by atoms with van der Waals surface area (Å²) in [5, 5.41) is 22.6. The van der Waals surface area contributed by atoms with Gasteiger partial charge in [0.15, 0.2) is 0 Å². The summed E-state index contributed by atoms with van der Waals surface area (Å²) >= 11 is 5.96. The van der Waals surface area contributed by atoms with Gasteiger partial charge in [0, 0.05) is 10.7 Å². The van der Waals surface area contributed by atoms with E-state index in [2.05, 4.69) is 11.4 Å². The highest BCUT2D eigenvalue weighted by Gasteiger charge is 2.23. The Morgan fingerprint density at radius 3 is 2.57 bits per heavy atom. The molecule has 108 valence electrons. The van der Waals surface area contributed by atoms with E-state index in [-0.39, 0.29) is 5.75 Å². The van der Waals surface area contributed by atoms with Crippen molar-refractivity contribution in [3.8, 4) is 11.8 Å². The molecule has 0 spiro atoms. The topological polar surface area (TPSA) is 56.0 Å². The molecule has 2 aromatic rings. The minimum absolute atomic E-state index is 0.249. The Bertz CT molecular complexity index is 649. The second-order valence-electron chi connectivity index (χ2n) is 5.25. The summed E-state index contributed by atoms with van der Waals surface area (Å²) in [7, 11) is 0. The van der Waals surface area contributed by atoms with Crippen molar-refractivity contribution >= 4 is 17.3 Å². The number of anilines is 1. The first-order valence-corrected chi connectivity index (χ1v) is 7.11. The lowest BCUT2D eigenvalue weighted by molar-refractivity contribution is 0.475. The minimum Gasteiger partial charge on any atom is -0.508 e. The zero-order valence-corrected chi connectivity index (χ0v) is 12.6. The van der Waals surface area contributed by atoms with Gasteiger partial charge in [0.1, 0.15) is 11.3 Å². The van der Waals surface area contributed by atoms with Crippen molar-refractivity contribution in [1.82, 2.24) is 0 Å². The number of hydrogen-bond donors (Lipinski definition) is 2. The van der Waals surface area contributed by atoms with E-state index < -0.39 is 5.54 Å². The highest BCUT2D eigenvalue weighted by Crippen LogP contribution is 2.23. The molecule has 1 unspecified atom stereocenters. The van der Waals surface area contributed by atoms with Crippen molar-refractivity contribution in [2.45, 2.75) is 25.3 Å². The molecule has 1 atom stereocenters. The fraction of sp³-hybridized carbons (Fsp3) is 0.235. The predicted octanol–water partition coefficient (Wildman–Crippen LogP) is 4.37. The maximum absolute atomic E-state index is 9.45. The summed E-state index contributed by atoms with van der Waals surface area (Å²) in [4.78, 5) is 0. The Balaban J connectivity index is 2.04. The minimum atomic E-state index is -0.678. The van der Waals surface area contributed by atoms with E-state index >= 15 is 0 Å². The number of aryl methyl sites for hydroxylation is 1. The smallest absolute Gasteiger partial charge is 0.122 e. The van der Waals surface area contributed by atoms with Crippen LogP contribution >= 0.6 is 11.6 Å². The highest BCUT2D eigenvalue weighted by atomic mass is 35.5. The molecule has 0 fully saturated rings. The maximum Gasteiger partial charge on any atom is 0.122 e. The molecule has 3 nitrogen and oxygen atoms in total. The van der Waals surface area contributed by atoms with Crippen LogP contribution in [0.1, 0.15) is 18.9 Å². The Kier molecular flexibility index (Phi) is 4.72. The van der Waals surface area contributed by atoms with Crippen molar-refractivity contribution in [2.24, 2.45) is 0 Å². The highest BCUT2D eigenvalue weighted by molar-refractivity contribution is 6.30. The van der Waals surface area contributed by atoms with E-state index in [9.17, 15) is 10.4 Å². The number of halogens is 1. The number of benzene rings is 2. The normalized spacial score (nSPS) is 13.2. The van der Waals surface area contributed by atoms with Gasteiger partial charge in [-0.1, -0.05) is 29.8 Å². The molecule has 0 saturated heterocycles. The molecule has 21 heavy (non-hydrogen) atoms. The number of nitrogens with one attached hydrogen (secondary N) is 1. The van der Waals surface area contributed by atoms with Crippen molar-refractivity contribution < 1.29 is 5.11 Å². The lowest BCUT2D eigenvalue weighted by atomic mass is 9.94. The summed E-state index contributed by atoms with van der Waals surface area (Å²) in [6.07, 6.45) is 1.40. The van der Waals surface area contributed by atoms with Gasteiger partial charge in [-0.05, 0) is 55.7 Å². The van der Waals surface area contributed by atoms with Crippen LogP contribution in [0.25, 0.3) is 0 Å². The first-order chi connectivity index (χ1) is 10.0. The van der Waals surface area contributed by atoms with Crippen LogP contribution in [0.15, 0.2) is 48.5 Å². The van der Waals surface area contributed by atoms with E-state index in [4.69, 9.17) is 11.6 Å². The monoisotopic (exact) mass is 300 g/mol. The van der Waals surface area contributed by atoms with Gasteiger partial charge in [0.25, 0.3) is 0 Å². The van der Waals surface area contributed by atoms with Gasteiger partial charge in [-0.15, -0.1) is 0 Å². The zero-order chi connectivity index (χ0) is 15.3. The summed E-state index contributed by atoms with van der Waals surface area (Å²) < 4.78 is 0. The van der Waals surface area contributed by atoms with Gasteiger partial charge in [0.05, 0.1) is 6.07 Å². The van der Waals surface area contributed by atoms with E-state index in [1.807, 2.05) is 31.2 Å². The molecule has 0 aliphatic carbocycles. The Labute approximate surface area is 129 Å². The van der Waals surface area contributed by atoms with E-state index in [0.29, 0.717) is 11.4 Å². The molecule has 2 N–H and O–H groups in total. The first-order valence-electron chi connectivity index (χ1n) is 6.74. The molecule has 0 amide bonds. The SMILES string of the molecule is CC(C#N)(CCc1ccc(O)cc1)Nc1cccc(Cl)c1. The average Bonchev–Trinajstić information content (AvgIpc) is 2.47. The van der Waals surface area contributed by atoms with Gasteiger partial charge in [-0.2, -0.15) is 5.26 Å². The quantitative estimate of drug-likeness (QED) is 0.862. The van der Waals surface area contributed by atoms with Crippen LogP contribution in [-0.4, -0.2) is 10.6 Å². The molecular formula is C17H17ClN2O. The zero-order valence-electron chi connectivity index (χ0n) is 11.8. The van der Waals surface area contributed by atoms with Crippen molar-refractivity contribution in [3.63, 3.8) is 0 Å². The Morgan fingerprint density at radius 2 is 1.95 bits per heavy atom. The van der Waals surface area contributed by atoms with E-state index in [1.54, 1.807) is 24.3 Å². The third-order valence-corrected chi connectivity index (χ3v) is 3.58. The van der Waals surface area contributed by atoms with Crippen LogP contribution < -0.4 is 5.32 Å². The Hall–Kier alpha value is -2.18. The van der Waals surface area contributed by atoms with Gasteiger partial charge in [-0.25, -0.2) is 0 Å². The van der Waals surface area contributed by atoms with Gasteiger partial charge in [0.2, 0.25) is 0 Å². The molecule has 0 radical (unpaired) electrons. The molecule has 0 bridgehead atoms. The van der Waals surface area contributed by atoms with E-state index in [1.165, 1.54) is 0 Å². The van der Waals surface area contributed by atoms with Crippen molar-refractivity contribution in [2.75, 3.05) is 5.32 Å². The third kappa shape index (κ3) is 4.40. The second-order valence-corrected chi connectivity index (χ2v) is 5.68. The first kappa shape index (κ1) is 15.2. The lowest BCUT2D eigenvalue weighted by Gasteiger charge is -2.24. The molecule has 0 heterocycles. The van der Waals surface area contributed by atoms with Gasteiger partial charge < -0.3 is 10.4 Å². The molecule has 0 aromatic heterocycles.